The summed E-state index contributed by atoms with van der Waals surface area (Å²) in [4.78, 5) is 16.8. The van der Waals surface area contributed by atoms with E-state index in [0.717, 1.165) is 16.3 Å². The highest BCUT2D eigenvalue weighted by Crippen LogP contribution is 2.24. The van der Waals surface area contributed by atoms with Gasteiger partial charge in [0.1, 0.15) is 5.69 Å². The fraction of sp³-hybridized carbons (Fsp3) is 0.158. The number of hydrogen-bond donors (Lipinski definition) is 2. The van der Waals surface area contributed by atoms with Crippen molar-refractivity contribution in [2.24, 2.45) is 0 Å². The summed E-state index contributed by atoms with van der Waals surface area (Å²) in [6.07, 6.45) is 0.595. The van der Waals surface area contributed by atoms with Crippen LogP contribution in [0.15, 0.2) is 54.6 Å². The summed E-state index contributed by atoms with van der Waals surface area (Å²) in [6.45, 7) is 0.104. The molecule has 0 spiro atoms. The van der Waals surface area contributed by atoms with Gasteiger partial charge in [-0.1, -0.05) is 30.3 Å². The van der Waals surface area contributed by atoms with E-state index in [4.69, 9.17) is 9.84 Å². The zero-order valence-electron chi connectivity index (χ0n) is 13.3. The first kappa shape index (κ1) is 16.0. The molecule has 122 valence electrons. The van der Waals surface area contributed by atoms with Gasteiger partial charge in [-0.3, -0.25) is 4.79 Å². The third kappa shape index (κ3) is 3.36. The molecule has 0 saturated heterocycles. The molecular weight excluding hydrogens is 304 g/mol. The first-order chi connectivity index (χ1) is 11.7. The van der Waals surface area contributed by atoms with Crippen molar-refractivity contribution in [2.45, 2.75) is 6.42 Å². The number of aliphatic hydroxyl groups is 1. The van der Waals surface area contributed by atoms with Gasteiger partial charge in [0.25, 0.3) is 5.91 Å². The number of nitrogens with one attached hydrogen (secondary N) is 1. The molecular formula is C19H18N2O3. The van der Waals surface area contributed by atoms with Gasteiger partial charge >= 0.3 is 0 Å². The summed E-state index contributed by atoms with van der Waals surface area (Å²) in [7, 11) is 1.54. The van der Waals surface area contributed by atoms with Crippen LogP contribution in [0.25, 0.3) is 10.8 Å². The summed E-state index contributed by atoms with van der Waals surface area (Å²) >= 11 is 0. The number of fused-ring (bicyclic) bond motifs is 1. The van der Waals surface area contributed by atoms with Crippen LogP contribution in [0.5, 0.6) is 5.88 Å². The highest BCUT2D eigenvalue weighted by Gasteiger charge is 2.12. The third-order valence-corrected chi connectivity index (χ3v) is 3.74. The molecule has 0 radical (unpaired) electrons. The van der Waals surface area contributed by atoms with E-state index >= 15 is 0 Å². The van der Waals surface area contributed by atoms with Crippen molar-refractivity contribution in [3.8, 4) is 5.88 Å². The Morgan fingerprint density at radius 3 is 2.62 bits per heavy atom. The quantitative estimate of drug-likeness (QED) is 0.757. The van der Waals surface area contributed by atoms with Crippen molar-refractivity contribution in [2.75, 3.05) is 19.0 Å². The van der Waals surface area contributed by atoms with E-state index in [1.165, 1.54) is 7.11 Å². The van der Waals surface area contributed by atoms with Gasteiger partial charge in [-0.25, -0.2) is 4.98 Å². The second kappa shape index (κ2) is 7.10. The maximum absolute atomic E-state index is 12.5. The fourth-order valence-corrected chi connectivity index (χ4v) is 2.52. The minimum absolute atomic E-state index is 0.104. The number of anilines is 1. The van der Waals surface area contributed by atoms with E-state index in [1.807, 2.05) is 36.4 Å². The number of rotatable bonds is 5. The van der Waals surface area contributed by atoms with Crippen LogP contribution in [-0.2, 0) is 6.42 Å². The molecule has 3 aromatic rings. The summed E-state index contributed by atoms with van der Waals surface area (Å²) in [5.74, 6) is 0.130. The molecule has 0 unspecified atom stereocenters. The number of carbonyl (C=O) groups is 1. The van der Waals surface area contributed by atoms with E-state index in [9.17, 15) is 4.79 Å². The molecule has 5 heteroatoms. The first-order valence-electron chi connectivity index (χ1n) is 7.66. The minimum atomic E-state index is -0.297. The average molecular weight is 322 g/mol. The average Bonchev–Trinajstić information content (AvgIpc) is 2.62. The monoisotopic (exact) mass is 322 g/mol. The Hall–Kier alpha value is -2.92. The van der Waals surface area contributed by atoms with Crippen LogP contribution in [0.3, 0.4) is 0 Å². The molecule has 24 heavy (non-hydrogen) atoms. The predicted molar refractivity (Wildman–Crippen MR) is 93.5 cm³/mol. The Morgan fingerprint density at radius 1 is 1.17 bits per heavy atom. The van der Waals surface area contributed by atoms with Crippen molar-refractivity contribution in [3.05, 3.63) is 65.9 Å². The molecule has 1 heterocycles. The standard InChI is InChI=1S/C19H18N2O3/c1-24-19-16-5-3-2-4-14(16)12-17(21-19)18(23)20-15-8-6-13(7-9-15)10-11-22/h2-9,12,22H,10-11H2,1H3,(H,20,23). The molecule has 1 aromatic heterocycles. The van der Waals surface area contributed by atoms with Gasteiger partial charge in [-0.05, 0) is 41.6 Å². The van der Waals surface area contributed by atoms with Crippen LogP contribution in [0.1, 0.15) is 16.1 Å². The maximum Gasteiger partial charge on any atom is 0.274 e. The SMILES string of the molecule is COc1nc(C(=O)Nc2ccc(CCO)cc2)cc2ccccc12. The zero-order valence-corrected chi connectivity index (χ0v) is 13.3. The molecule has 5 nitrogen and oxygen atoms in total. The van der Waals surface area contributed by atoms with Crippen molar-refractivity contribution < 1.29 is 14.6 Å². The summed E-state index contributed by atoms with van der Waals surface area (Å²) in [6, 6.07) is 16.7. The number of hydrogen-bond acceptors (Lipinski definition) is 4. The van der Waals surface area contributed by atoms with E-state index in [0.29, 0.717) is 23.7 Å². The lowest BCUT2D eigenvalue weighted by atomic mass is 10.1. The number of pyridine rings is 1. The van der Waals surface area contributed by atoms with E-state index < -0.39 is 0 Å². The molecule has 0 atom stereocenters. The van der Waals surface area contributed by atoms with Gasteiger partial charge in [-0.15, -0.1) is 0 Å². The van der Waals surface area contributed by atoms with E-state index in [-0.39, 0.29) is 12.5 Å². The topological polar surface area (TPSA) is 71.5 Å². The summed E-state index contributed by atoms with van der Waals surface area (Å²) in [5.41, 5.74) is 1.99. The second-order valence-corrected chi connectivity index (χ2v) is 5.36. The van der Waals surface area contributed by atoms with Crippen LogP contribution in [0.2, 0.25) is 0 Å². The maximum atomic E-state index is 12.5. The molecule has 2 N–H and O–H groups in total. The molecule has 0 bridgehead atoms. The molecule has 3 rings (SSSR count). The Balaban J connectivity index is 1.85. The highest BCUT2D eigenvalue weighted by atomic mass is 16.5. The summed E-state index contributed by atoms with van der Waals surface area (Å²) in [5, 5.41) is 13.5. The van der Waals surface area contributed by atoms with E-state index in [2.05, 4.69) is 10.3 Å². The first-order valence-corrected chi connectivity index (χ1v) is 7.66. The van der Waals surface area contributed by atoms with Crippen molar-refractivity contribution >= 4 is 22.4 Å². The molecule has 1 amide bonds. The van der Waals surface area contributed by atoms with Gasteiger partial charge in [-0.2, -0.15) is 0 Å². The van der Waals surface area contributed by atoms with Gasteiger partial charge < -0.3 is 15.2 Å². The lowest BCUT2D eigenvalue weighted by molar-refractivity contribution is 0.102. The summed E-state index contributed by atoms with van der Waals surface area (Å²) < 4.78 is 5.30. The number of nitrogens with zero attached hydrogens (tertiary/aromatic N) is 1. The Kier molecular flexibility index (Phi) is 4.72. The lowest BCUT2D eigenvalue weighted by Crippen LogP contribution is -2.14. The number of aliphatic hydroxyl groups excluding tert-OH is 1. The smallest absolute Gasteiger partial charge is 0.274 e. The third-order valence-electron chi connectivity index (χ3n) is 3.74. The number of ether oxygens (including phenoxy) is 1. The van der Waals surface area contributed by atoms with Crippen LogP contribution in [-0.4, -0.2) is 29.7 Å². The molecule has 0 fully saturated rings. The molecule has 0 aliphatic heterocycles. The van der Waals surface area contributed by atoms with Crippen molar-refractivity contribution in [1.29, 1.82) is 0 Å². The van der Waals surface area contributed by atoms with Crippen LogP contribution < -0.4 is 10.1 Å². The number of amides is 1. The zero-order chi connectivity index (χ0) is 16.9. The molecule has 0 saturated carbocycles. The van der Waals surface area contributed by atoms with Gasteiger partial charge in [0.15, 0.2) is 0 Å². The van der Waals surface area contributed by atoms with Crippen LogP contribution >= 0.6 is 0 Å². The Labute approximate surface area is 139 Å². The lowest BCUT2D eigenvalue weighted by Gasteiger charge is -2.09. The van der Waals surface area contributed by atoms with Gasteiger partial charge in [0, 0.05) is 17.7 Å². The molecule has 2 aromatic carbocycles. The van der Waals surface area contributed by atoms with Crippen molar-refractivity contribution in [1.82, 2.24) is 4.98 Å². The van der Waals surface area contributed by atoms with Crippen molar-refractivity contribution in [3.63, 3.8) is 0 Å². The highest BCUT2D eigenvalue weighted by molar-refractivity contribution is 6.05. The number of methoxy groups -OCH3 is 1. The number of benzene rings is 2. The minimum Gasteiger partial charge on any atom is -0.481 e. The normalized spacial score (nSPS) is 10.6. The molecule has 0 aliphatic carbocycles. The Morgan fingerprint density at radius 2 is 1.92 bits per heavy atom. The van der Waals surface area contributed by atoms with Gasteiger partial charge in [0.05, 0.1) is 7.11 Å². The van der Waals surface area contributed by atoms with Gasteiger partial charge in [0.2, 0.25) is 5.88 Å². The fourth-order valence-electron chi connectivity index (χ4n) is 2.52. The number of carbonyl (C=O) groups excluding carboxylic acids is 1. The predicted octanol–water partition coefficient (Wildman–Crippen LogP) is 3.03. The largest absolute Gasteiger partial charge is 0.481 e. The Bertz CT molecular complexity index is 860. The molecule has 0 aliphatic rings. The number of aromatic nitrogens is 1. The van der Waals surface area contributed by atoms with E-state index in [1.54, 1.807) is 18.2 Å². The second-order valence-electron chi connectivity index (χ2n) is 5.36. The van der Waals surface area contributed by atoms with Crippen LogP contribution in [0, 0.1) is 0 Å². The van der Waals surface area contributed by atoms with Crippen LogP contribution in [0.4, 0.5) is 5.69 Å².